The summed E-state index contributed by atoms with van der Waals surface area (Å²) in [7, 11) is -3.89. The van der Waals surface area contributed by atoms with Crippen LogP contribution >= 0.6 is 0 Å². The molecule has 8 nitrogen and oxygen atoms in total. The van der Waals surface area contributed by atoms with Crippen LogP contribution in [0.15, 0.2) is 51.9 Å². The summed E-state index contributed by atoms with van der Waals surface area (Å²) in [5.74, 6) is -0.0993. The van der Waals surface area contributed by atoms with Crippen LogP contribution in [0.4, 0.5) is 5.69 Å². The van der Waals surface area contributed by atoms with Gasteiger partial charge in [-0.2, -0.15) is 4.31 Å². The predicted molar refractivity (Wildman–Crippen MR) is 127 cm³/mol. The van der Waals surface area contributed by atoms with Crippen molar-refractivity contribution in [2.24, 2.45) is 0 Å². The number of amides is 1. The predicted octanol–water partition coefficient (Wildman–Crippen LogP) is 4.21. The second-order valence-electron chi connectivity index (χ2n) is 8.41. The van der Waals surface area contributed by atoms with Gasteiger partial charge in [-0.15, -0.1) is 0 Å². The van der Waals surface area contributed by atoms with Crippen molar-refractivity contribution in [3.8, 4) is 0 Å². The molecule has 1 fully saturated rings. The Bertz CT molecular complexity index is 1470. The van der Waals surface area contributed by atoms with E-state index < -0.39 is 16.1 Å². The van der Waals surface area contributed by atoms with Crippen LogP contribution in [0.3, 0.4) is 0 Å². The number of nitrogens with one attached hydrogen (secondary N) is 1. The highest BCUT2D eigenvalue weighted by Gasteiger charge is 2.41. The molecule has 4 aromatic rings. The molecule has 1 amide bonds. The van der Waals surface area contributed by atoms with Crippen LogP contribution in [0.25, 0.3) is 21.8 Å². The summed E-state index contributed by atoms with van der Waals surface area (Å²) in [6.07, 6.45) is 1.08. The van der Waals surface area contributed by atoms with E-state index in [9.17, 15) is 13.2 Å². The fourth-order valence-corrected chi connectivity index (χ4v) is 6.90. The lowest BCUT2D eigenvalue weighted by Crippen LogP contribution is -2.43. The Kier molecular flexibility index (Phi) is 5.25. The molecule has 1 aliphatic heterocycles. The molecule has 33 heavy (non-hydrogen) atoms. The number of anilines is 1. The Hall–Kier alpha value is -3.17. The second kappa shape index (κ2) is 8.00. The first-order valence-electron chi connectivity index (χ1n) is 11.1. The maximum atomic E-state index is 13.3. The van der Waals surface area contributed by atoms with E-state index in [-0.39, 0.29) is 23.1 Å². The molecule has 0 bridgehead atoms. The van der Waals surface area contributed by atoms with Crippen LogP contribution in [-0.4, -0.2) is 40.9 Å². The highest BCUT2D eigenvalue weighted by atomic mass is 32.2. The molecule has 1 saturated heterocycles. The molecule has 1 aliphatic rings. The van der Waals surface area contributed by atoms with Crippen LogP contribution in [0.2, 0.25) is 0 Å². The van der Waals surface area contributed by atoms with Gasteiger partial charge in [-0.05, 0) is 57.9 Å². The third-order valence-electron chi connectivity index (χ3n) is 6.40. The first-order valence-corrected chi connectivity index (χ1v) is 12.5. The fourth-order valence-electron chi connectivity index (χ4n) is 4.95. The maximum Gasteiger partial charge on any atom is 0.249 e. The summed E-state index contributed by atoms with van der Waals surface area (Å²) < 4.78 is 35.2. The monoisotopic (exact) mass is 466 g/mol. The van der Waals surface area contributed by atoms with Gasteiger partial charge in [-0.25, -0.2) is 8.42 Å². The molecule has 5 rings (SSSR count). The van der Waals surface area contributed by atoms with Crippen LogP contribution in [-0.2, 0) is 21.4 Å². The number of carbonyl (C=O) groups excluding carboxylic acids is 1. The van der Waals surface area contributed by atoms with E-state index in [1.807, 2.05) is 30.3 Å². The number of hydrogen-bond acceptors (Lipinski definition) is 5. The van der Waals surface area contributed by atoms with E-state index in [0.717, 1.165) is 28.4 Å². The topological polar surface area (TPSA) is 97.4 Å². The number of aryl methyl sites for hydroxylation is 3. The van der Waals surface area contributed by atoms with Crippen LogP contribution in [0.5, 0.6) is 0 Å². The number of fused-ring (bicyclic) bond motifs is 3. The number of rotatable bonds is 5. The summed E-state index contributed by atoms with van der Waals surface area (Å²) in [4.78, 5) is 13.3. The standard InChI is InChI=1S/C24H26N4O4S/c1-4-27-20-9-6-5-8-18(20)19-14-17(11-12-21(19)27)25-24(29)22-10-7-13-28(22)33(30,31)23-15(2)26-32-16(23)3/h5-6,8-9,11-12,14,22H,4,7,10,13H2,1-3H3,(H,25,29). The molecule has 0 spiro atoms. The van der Waals surface area contributed by atoms with Gasteiger partial charge >= 0.3 is 0 Å². The summed E-state index contributed by atoms with van der Waals surface area (Å²) >= 11 is 0. The van der Waals surface area contributed by atoms with E-state index in [1.165, 1.54) is 4.31 Å². The summed E-state index contributed by atoms with van der Waals surface area (Å²) in [5.41, 5.74) is 3.19. The highest BCUT2D eigenvalue weighted by Crippen LogP contribution is 2.33. The van der Waals surface area contributed by atoms with Gasteiger partial charge in [0, 0.05) is 40.6 Å². The van der Waals surface area contributed by atoms with Crippen molar-refractivity contribution in [3.63, 3.8) is 0 Å². The van der Waals surface area contributed by atoms with E-state index in [0.29, 0.717) is 24.2 Å². The lowest BCUT2D eigenvalue weighted by atomic mass is 10.1. The van der Waals surface area contributed by atoms with Gasteiger partial charge in [-0.1, -0.05) is 23.4 Å². The zero-order chi connectivity index (χ0) is 23.3. The van der Waals surface area contributed by atoms with Crippen molar-refractivity contribution in [1.82, 2.24) is 14.0 Å². The third kappa shape index (κ3) is 3.43. The van der Waals surface area contributed by atoms with E-state index in [1.54, 1.807) is 13.8 Å². The number of hydrogen-bond donors (Lipinski definition) is 1. The minimum atomic E-state index is -3.89. The Morgan fingerprint density at radius 1 is 1.15 bits per heavy atom. The molecule has 2 aromatic carbocycles. The van der Waals surface area contributed by atoms with Gasteiger partial charge in [0.25, 0.3) is 0 Å². The fraction of sp³-hybridized carbons (Fsp3) is 0.333. The summed E-state index contributed by atoms with van der Waals surface area (Å²) in [6.45, 7) is 6.39. The Morgan fingerprint density at radius 3 is 2.64 bits per heavy atom. The Morgan fingerprint density at radius 2 is 1.91 bits per heavy atom. The molecule has 1 unspecified atom stereocenters. The number of carbonyl (C=O) groups is 1. The van der Waals surface area contributed by atoms with Crippen LogP contribution in [0, 0.1) is 13.8 Å². The van der Waals surface area contributed by atoms with E-state index in [4.69, 9.17) is 4.52 Å². The molecule has 3 heterocycles. The lowest BCUT2D eigenvalue weighted by molar-refractivity contribution is -0.119. The van der Waals surface area contributed by atoms with Crippen LogP contribution < -0.4 is 5.32 Å². The normalized spacial score (nSPS) is 17.2. The van der Waals surface area contributed by atoms with Crippen molar-refractivity contribution >= 4 is 43.4 Å². The van der Waals surface area contributed by atoms with Crippen molar-refractivity contribution in [2.45, 2.75) is 51.1 Å². The molecule has 1 atom stereocenters. The molecule has 0 saturated carbocycles. The second-order valence-corrected chi connectivity index (χ2v) is 10.2. The molecule has 1 N–H and O–H groups in total. The van der Waals surface area contributed by atoms with Gasteiger partial charge in [0.05, 0.1) is 0 Å². The molecule has 0 radical (unpaired) electrons. The van der Waals surface area contributed by atoms with E-state index >= 15 is 0 Å². The summed E-state index contributed by atoms with van der Waals surface area (Å²) in [5, 5.41) is 8.89. The SMILES string of the molecule is CCn1c2ccccc2c2cc(NC(=O)C3CCCN3S(=O)(=O)c3c(C)noc3C)ccc21. The average Bonchev–Trinajstić information content (AvgIpc) is 3.50. The van der Waals surface area contributed by atoms with Crippen molar-refractivity contribution in [2.75, 3.05) is 11.9 Å². The van der Waals surface area contributed by atoms with Gasteiger partial charge in [0.1, 0.15) is 16.6 Å². The molecule has 172 valence electrons. The van der Waals surface area contributed by atoms with Gasteiger partial charge in [0.15, 0.2) is 5.76 Å². The van der Waals surface area contributed by atoms with E-state index in [2.05, 4.69) is 34.1 Å². The number of sulfonamides is 1. The highest BCUT2D eigenvalue weighted by molar-refractivity contribution is 7.89. The van der Waals surface area contributed by atoms with Crippen molar-refractivity contribution in [1.29, 1.82) is 0 Å². The first kappa shape index (κ1) is 21.7. The third-order valence-corrected chi connectivity index (χ3v) is 8.55. The maximum absolute atomic E-state index is 13.3. The van der Waals surface area contributed by atoms with Crippen molar-refractivity contribution < 1.29 is 17.7 Å². The minimum absolute atomic E-state index is 0.0518. The molecular formula is C24H26N4O4S. The average molecular weight is 467 g/mol. The van der Waals surface area contributed by atoms with Gasteiger partial charge in [0.2, 0.25) is 15.9 Å². The van der Waals surface area contributed by atoms with Gasteiger partial charge < -0.3 is 14.4 Å². The number of nitrogens with zero attached hydrogens (tertiary/aromatic N) is 3. The molecule has 0 aliphatic carbocycles. The number of para-hydroxylation sites is 1. The first-order chi connectivity index (χ1) is 15.8. The van der Waals surface area contributed by atoms with Crippen LogP contribution in [0.1, 0.15) is 31.2 Å². The zero-order valence-corrected chi connectivity index (χ0v) is 19.6. The summed E-state index contributed by atoms with van der Waals surface area (Å²) in [6, 6.07) is 13.2. The quantitative estimate of drug-likeness (QED) is 0.475. The lowest BCUT2D eigenvalue weighted by Gasteiger charge is -2.23. The number of benzene rings is 2. The molecular weight excluding hydrogens is 440 g/mol. The molecule has 9 heteroatoms. The Labute approximate surface area is 192 Å². The van der Waals surface area contributed by atoms with Crippen molar-refractivity contribution in [3.05, 3.63) is 53.9 Å². The zero-order valence-electron chi connectivity index (χ0n) is 18.8. The van der Waals surface area contributed by atoms with Gasteiger partial charge in [-0.3, -0.25) is 4.79 Å². The minimum Gasteiger partial charge on any atom is -0.360 e. The smallest absolute Gasteiger partial charge is 0.249 e. The number of aromatic nitrogens is 2. The largest absolute Gasteiger partial charge is 0.360 e. The molecule has 2 aromatic heterocycles. The Balaban J connectivity index is 1.46.